The molecule has 0 spiro atoms. The summed E-state index contributed by atoms with van der Waals surface area (Å²) in [6.07, 6.45) is 6.38. The quantitative estimate of drug-likeness (QED) is 0.380. The zero-order valence-corrected chi connectivity index (χ0v) is 10.8. The second kappa shape index (κ2) is 9.50. The van der Waals surface area contributed by atoms with E-state index in [2.05, 4.69) is 22.9 Å². The predicted octanol–water partition coefficient (Wildman–Crippen LogP) is 3.67. The average molecular weight is 265 g/mol. The van der Waals surface area contributed by atoms with Crippen LogP contribution in [0, 0.1) is 0 Å². The molecule has 1 unspecified atom stereocenters. The summed E-state index contributed by atoms with van der Waals surface area (Å²) in [5.41, 5.74) is 0. The van der Waals surface area contributed by atoms with Crippen LogP contribution in [0.1, 0.15) is 52.4 Å². The van der Waals surface area contributed by atoms with Gasteiger partial charge in [-0.15, -0.1) is 0 Å². The molecule has 0 bridgehead atoms. The van der Waals surface area contributed by atoms with Crippen molar-refractivity contribution in [2.45, 2.75) is 57.2 Å². The molecular weight excluding hydrogens is 244 g/mol. The molecule has 0 amide bonds. The molecular formula is C11H21BrO2. The molecule has 0 saturated heterocycles. The Kier molecular flexibility index (Phi) is 9.47. The summed E-state index contributed by atoms with van der Waals surface area (Å²) in [5, 5.41) is 0. The summed E-state index contributed by atoms with van der Waals surface area (Å²) in [7, 11) is 0. The summed E-state index contributed by atoms with van der Waals surface area (Å²) in [6, 6.07) is 0. The first kappa shape index (κ1) is 13.9. The van der Waals surface area contributed by atoms with E-state index in [1.54, 1.807) is 0 Å². The van der Waals surface area contributed by atoms with Crippen LogP contribution in [0.15, 0.2) is 0 Å². The van der Waals surface area contributed by atoms with Gasteiger partial charge in [0.05, 0.1) is 6.61 Å². The van der Waals surface area contributed by atoms with E-state index < -0.39 is 0 Å². The van der Waals surface area contributed by atoms with Gasteiger partial charge in [0, 0.05) is 11.2 Å². The monoisotopic (exact) mass is 264 g/mol. The van der Waals surface area contributed by atoms with Crippen LogP contribution in [0.5, 0.6) is 0 Å². The molecule has 14 heavy (non-hydrogen) atoms. The summed E-state index contributed by atoms with van der Waals surface area (Å²) in [5.74, 6) is -0.0988. The van der Waals surface area contributed by atoms with Gasteiger partial charge in [-0.05, 0) is 12.8 Å². The van der Waals surface area contributed by atoms with Crippen molar-refractivity contribution in [3.8, 4) is 0 Å². The standard InChI is InChI=1S/C11H21BrO2/c1-3-5-6-7-10(12)8-9-14-11(13)4-2/h10H,3-9H2,1-2H3. The molecule has 3 heteroatoms. The maximum Gasteiger partial charge on any atom is 0.305 e. The van der Waals surface area contributed by atoms with E-state index in [4.69, 9.17) is 4.74 Å². The van der Waals surface area contributed by atoms with E-state index in [-0.39, 0.29) is 5.97 Å². The lowest BCUT2D eigenvalue weighted by Crippen LogP contribution is -2.08. The largest absolute Gasteiger partial charge is 0.466 e. The van der Waals surface area contributed by atoms with Gasteiger partial charge in [0.15, 0.2) is 0 Å². The number of ether oxygens (including phenoxy) is 1. The Balaban J connectivity index is 3.26. The van der Waals surface area contributed by atoms with Gasteiger partial charge in [-0.25, -0.2) is 0 Å². The second-order valence-corrected chi connectivity index (χ2v) is 4.75. The summed E-state index contributed by atoms with van der Waals surface area (Å²) in [4.78, 5) is 11.3. The molecule has 0 saturated carbocycles. The predicted molar refractivity (Wildman–Crippen MR) is 62.7 cm³/mol. The van der Waals surface area contributed by atoms with Crippen molar-refractivity contribution < 1.29 is 9.53 Å². The fraction of sp³-hybridized carbons (Fsp3) is 0.909. The number of halogens is 1. The molecule has 0 rings (SSSR count). The topological polar surface area (TPSA) is 26.3 Å². The third kappa shape index (κ3) is 8.54. The van der Waals surface area contributed by atoms with Gasteiger partial charge in [-0.1, -0.05) is 49.0 Å². The van der Waals surface area contributed by atoms with Crippen molar-refractivity contribution in [3.05, 3.63) is 0 Å². The lowest BCUT2D eigenvalue weighted by atomic mass is 10.1. The summed E-state index contributed by atoms with van der Waals surface area (Å²) >= 11 is 3.59. The minimum absolute atomic E-state index is 0.0988. The van der Waals surface area contributed by atoms with Crippen molar-refractivity contribution in [1.29, 1.82) is 0 Å². The molecule has 1 atom stereocenters. The summed E-state index contributed by atoms with van der Waals surface area (Å²) < 4.78 is 5.00. The number of hydrogen-bond acceptors (Lipinski definition) is 2. The van der Waals surface area contributed by atoms with Crippen LogP contribution in [0.25, 0.3) is 0 Å². The molecule has 0 radical (unpaired) electrons. The number of hydrogen-bond donors (Lipinski definition) is 0. The highest BCUT2D eigenvalue weighted by Crippen LogP contribution is 2.14. The highest BCUT2D eigenvalue weighted by atomic mass is 79.9. The zero-order chi connectivity index (χ0) is 10.8. The van der Waals surface area contributed by atoms with Gasteiger partial charge in [0.2, 0.25) is 0 Å². The van der Waals surface area contributed by atoms with Gasteiger partial charge in [-0.2, -0.15) is 0 Å². The average Bonchev–Trinajstić information content (AvgIpc) is 2.18. The zero-order valence-electron chi connectivity index (χ0n) is 9.22. The first-order valence-electron chi connectivity index (χ1n) is 5.50. The lowest BCUT2D eigenvalue weighted by Gasteiger charge is -2.09. The first-order valence-corrected chi connectivity index (χ1v) is 6.42. The lowest BCUT2D eigenvalue weighted by molar-refractivity contribution is -0.143. The Morgan fingerprint density at radius 2 is 2.00 bits per heavy atom. The molecule has 2 nitrogen and oxygen atoms in total. The van der Waals surface area contributed by atoms with E-state index in [1.807, 2.05) is 6.92 Å². The molecule has 0 fully saturated rings. The molecule has 0 aromatic carbocycles. The first-order chi connectivity index (χ1) is 6.70. The SMILES string of the molecule is CCCCCC(Br)CCOC(=O)CC. The van der Waals surface area contributed by atoms with E-state index in [9.17, 15) is 4.79 Å². The Morgan fingerprint density at radius 3 is 2.57 bits per heavy atom. The van der Waals surface area contributed by atoms with E-state index in [0.29, 0.717) is 17.9 Å². The molecule has 0 aliphatic heterocycles. The van der Waals surface area contributed by atoms with Crippen molar-refractivity contribution in [2.75, 3.05) is 6.61 Å². The van der Waals surface area contributed by atoms with Crippen molar-refractivity contribution in [2.24, 2.45) is 0 Å². The number of alkyl halides is 1. The van der Waals surface area contributed by atoms with E-state index >= 15 is 0 Å². The summed E-state index contributed by atoms with van der Waals surface area (Å²) in [6.45, 7) is 4.57. The van der Waals surface area contributed by atoms with E-state index in [0.717, 1.165) is 6.42 Å². The molecule has 84 valence electrons. The second-order valence-electron chi connectivity index (χ2n) is 3.46. The maximum atomic E-state index is 10.8. The molecule has 0 aliphatic rings. The van der Waals surface area contributed by atoms with Gasteiger partial charge in [0.1, 0.15) is 0 Å². The van der Waals surface area contributed by atoms with Crippen LogP contribution in [-0.4, -0.2) is 17.4 Å². The van der Waals surface area contributed by atoms with Crippen LogP contribution < -0.4 is 0 Å². The number of unbranched alkanes of at least 4 members (excludes halogenated alkanes) is 2. The molecule has 0 aromatic rings. The Hall–Kier alpha value is -0.0500. The maximum absolute atomic E-state index is 10.8. The van der Waals surface area contributed by atoms with E-state index in [1.165, 1.54) is 25.7 Å². The van der Waals surface area contributed by atoms with Crippen LogP contribution in [0.3, 0.4) is 0 Å². The Labute approximate surface area is 95.5 Å². The number of carbonyl (C=O) groups is 1. The van der Waals surface area contributed by atoms with Crippen LogP contribution in [0.4, 0.5) is 0 Å². The fourth-order valence-corrected chi connectivity index (χ4v) is 1.67. The van der Waals surface area contributed by atoms with Crippen molar-refractivity contribution in [1.82, 2.24) is 0 Å². The van der Waals surface area contributed by atoms with Crippen LogP contribution in [-0.2, 0) is 9.53 Å². The number of esters is 1. The third-order valence-electron chi connectivity index (χ3n) is 2.10. The van der Waals surface area contributed by atoms with Gasteiger partial charge in [-0.3, -0.25) is 4.79 Å². The van der Waals surface area contributed by atoms with Gasteiger partial charge < -0.3 is 4.74 Å². The Bertz CT molecular complexity index is 148. The minimum atomic E-state index is -0.0988. The van der Waals surface area contributed by atoms with Crippen molar-refractivity contribution in [3.63, 3.8) is 0 Å². The Morgan fingerprint density at radius 1 is 1.29 bits per heavy atom. The van der Waals surface area contributed by atoms with Crippen molar-refractivity contribution >= 4 is 21.9 Å². The highest BCUT2D eigenvalue weighted by molar-refractivity contribution is 9.09. The van der Waals surface area contributed by atoms with Gasteiger partial charge >= 0.3 is 5.97 Å². The number of carbonyl (C=O) groups excluding carboxylic acids is 1. The molecule has 0 heterocycles. The highest BCUT2D eigenvalue weighted by Gasteiger charge is 2.05. The molecule has 0 N–H and O–H groups in total. The van der Waals surface area contributed by atoms with Gasteiger partial charge in [0.25, 0.3) is 0 Å². The molecule has 0 aromatic heterocycles. The third-order valence-corrected chi connectivity index (χ3v) is 3.02. The minimum Gasteiger partial charge on any atom is -0.466 e. The van der Waals surface area contributed by atoms with Crippen LogP contribution in [0.2, 0.25) is 0 Å². The number of rotatable bonds is 8. The smallest absolute Gasteiger partial charge is 0.305 e. The molecule has 0 aliphatic carbocycles. The fourth-order valence-electron chi connectivity index (χ4n) is 1.16. The normalized spacial score (nSPS) is 12.5. The van der Waals surface area contributed by atoms with Crippen LogP contribution >= 0.6 is 15.9 Å².